The van der Waals surface area contributed by atoms with Gasteiger partial charge in [-0.1, -0.05) is 0 Å². The molecule has 0 aliphatic carbocycles. The smallest absolute Gasteiger partial charge is 0.119 e. The maximum absolute atomic E-state index is 9.91. The molecule has 9 heavy (non-hydrogen) atoms. The van der Waals surface area contributed by atoms with Crippen molar-refractivity contribution in [3.8, 4) is 0 Å². The van der Waals surface area contributed by atoms with Gasteiger partial charge in [-0.3, -0.25) is 0 Å². The van der Waals surface area contributed by atoms with Crippen LogP contribution in [0.25, 0.3) is 0 Å². The predicted molar refractivity (Wildman–Crippen MR) is 39.7 cm³/mol. The lowest BCUT2D eigenvalue weighted by atomic mass is 10.2. The van der Waals surface area contributed by atoms with E-state index in [9.17, 15) is 9.59 Å². The summed E-state index contributed by atoms with van der Waals surface area (Å²) >= 11 is 0. The van der Waals surface area contributed by atoms with Gasteiger partial charge >= 0.3 is 0 Å². The molecular weight excluding hydrogens is 132 g/mol. The minimum absolute atomic E-state index is 0.507. The van der Waals surface area contributed by atoms with E-state index >= 15 is 0 Å². The fourth-order valence-electron chi connectivity index (χ4n) is 0.635. The summed E-state index contributed by atoms with van der Waals surface area (Å²) in [5.41, 5.74) is 0.507. The van der Waals surface area contributed by atoms with Crippen molar-refractivity contribution in [1.82, 2.24) is 0 Å². The molecule has 3 heteroatoms. The molecule has 1 atom stereocenters. The Bertz CT molecular complexity index is 93.1. The third-order valence-electron chi connectivity index (χ3n) is 1.28. The number of rotatable bonds is 5. The average molecular weight is 144 g/mol. The topological polar surface area (TPSA) is 34.1 Å². The van der Waals surface area contributed by atoms with Crippen LogP contribution in [-0.2, 0) is 9.59 Å². The Kier molecular flexibility index (Phi) is 5.41. The zero-order valence-corrected chi connectivity index (χ0v) is 7.67. The lowest BCUT2D eigenvalue weighted by molar-refractivity contribution is -0.109. The third-order valence-corrected chi connectivity index (χ3v) is 2.32. The van der Waals surface area contributed by atoms with Gasteiger partial charge in [0.15, 0.2) is 0 Å². The first-order valence-corrected chi connectivity index (χ1v) is 4.34. The quantitative estimate of drug-likeness (QED) is 0.392. The van der Waals surface area contributed by atoms with Gasteiger partial charge in [0.25, 0.3) is 0 Å². The second-order valence-corrected chi connectivity index (χ2v) is 3.88. The van der Waals surface area contributed by atoms with E-state index in [0.29, 0.717) is 18.4 Å². The summed E-state index contributed by atoms with van der Waals surface area (Å²) in [5.74, 6) is 0. The molecule has 0 saturated heterocycles. The Labute approximate surface area is 58.1 Å². The van der Waals surface area contributed by atoms with Crippen molar-refractivity contribution in [3.63, 3.8) is 0 Å². The molecule has 0 N–H and O–H groups in total. The number of hydrogen-bond acceptors (Lipinski definition) is 2. The normalized spacial score (nSPS) is 12.9. The van der Waals surface area contributed by atoms with Crippen LogP contribution in [0, 0.1) is 0 Å². The molecule has 0 heterocycles. The molecule has 0 rings (SSSR count). The molecule has 0 aliphatic heterocycles. The number of hydrogen-bond donors (Lipinski definition) is 0. The Morgan fingerprint density at radius 2 is 2.00 bits per heavy atom. The van der Waals surface area contributed by atoms with Crippen LogP contribution in [0.5, 0.6) is 0 Å². The van der Waals surface area contributed by atoms with Crippen LogP contribution in [0.2, 0.25) is 5.54 Å². The van der Waals surface area contributed by atoms with Gasteiger partial charge in [0.05, 0.1) is 0 Å². The Morgan fingerprint density at radius 3 is 2.44 bits per heavy atom. The molecule has 52 valence electrons. The molecule has 0 aliphatic rings. The maximum Gasteiger partial charge on any atom is 0.119 e. The molecule has 0 aromatic carbocycles. The second kappa shape index (κ2) is 5.69. The van der Waals surface area contributed by atoms with Gasteiger partial charge in [0, 0.05) is 23.1 Å². The monoisotopic (exact) mass is 144 g/mol. The van der Waals surface area contributed by atoms with Gasteiger partial charge in [0.2, 0.25) is 0 Å². The van der Waals surface area contributed by atoms with Gasteiger partial charge in [-0.25, -0.2) is 0 Å². The molecule has 0 spiro atoms. The van der Waals surface area contributed by atoms with Gasteiger partial charge in [-0.05, 0) is 12.0 Å². The van der Waals surface area contributed by atoms with E-state index in [2.05, 4.69) is 0 Å². The number of aldehydes is 2. The van der Waals surface area contributed by atoms with E-state index in [-0.39, 0.29) is 0 Å². The third kappa shape index (κ3) is 5.43. The summed E-state index contributed by atoms with van der Waals surface area (Å²) in [5, 5.41) is 0. The maximum atomic E-state index is 9.91. The van der Waals surface area contributed by atoms with Gasteiger partial charge < -0.3 is 9.59 Å². The van der Waals surface area contributed by atoms with Crippen molar-refractivity contribution in [1.29, 1.82) is 0 Å². The molecule has 0 amide bonds. The molecule has 0 aromatic rings. The van der Waals surface area contributed by atoms with Crippen LogP contribution in [0.15, 0.2) is 0 Å². The van der Waals surface area contributed by atoms with Crippen molar-refractivity contribution >= 4 is 22.8 Å². The van der Waals surface area contributed by atoms with E-state index < -0.39 is 0 Å². The van der Waals surface area contributed by atoms with Crippen molar-refractivity contribution in [2.75, 3.05) is 0 Å². The first kappa shape index (κ1) is 8.56. The van der Waals surface area contributed by atoms with Crippen LogP contribution in [0.1, 0.15) is 19.3 Å². The summed E-state index contributed by atoms with van der Waals surface area (Å²) in [6.07, 6.45) is 3.99. The summed E-state index contributed by atoms with van der Waals surface area (Å²) in [4.78, 5) is 19.8. The van der Waals surface area contributed by atoms with Gasteiger partial charge in [-0.2, -0.15) is 0 Å². The van der Waals surface area contributed by atoms with Gasteiger partial charge in [-0.15, -0.1) is 0 Å². The predicted octanol–water partition coefficient (Wildman–Crippen LogP) is -0.292. The van der Waals surface area contributed by atoms with E-state index in [0.717, 1.165) is 29.2 Å². The van der Waals surface area contributed by atoms with Crippen molar-refractivity contribution in [2.45, 2.75) is 24.8 Å². The summed E-state index contributed by atoms with van der Waals surface area (Å²) in [6, 6.07) is 0. The molecule has 1 unspecified atom stereocenters. The van der Waals surface area contributed by atoms with Crippen LogP contribution in [-0.4, -0.2) is 22.8 Å². The van der Waals surface area contributed by atoms with E-state index in [4.69, 9.17) is 0 Å². The van der Waals surface area contributed by atoms with E-state index in [1.807, 2.05) is 0 Å². The number of carbonyl (C=O) groups is 2. The molecular formula is C6H12O2Si. The van der Waals surface area contributed by atoms with E-state index in [1.54, 1.807) is 0 Å². The largest absolute Gasteiger partial charge is 0.303 e. The fraction of sp³-hybridized carbons (Fsp3) is 0.667. The standard InChI is InChI=1S/C6H12O2Si/c7-4-1-2-6(9)3-5-8/h4-6H,1-3H2,9H3. The van der Waals surface area contributed by atoms with Crippen LogP contribution < -0.4 is 0 Å². The van der Waals surface area contributed by atoms with Crippen molar-refractivity contribution < 1.29 is 9.59 Å². The minimum Gasteiger partial charge on any atom is -0.303 e. The molecule has 0 bridgehead atoms. The molecule has 0 fully saturated rings. The molecule has 0 aromatic heterocycles. The first-order chi connectivity index (χ1) is 4.31. The van der Waals surface area contributed by atoms with Gasteiger partial charge in [0.1, 0.15) is 12.6 Å². The molecule has 2 nitrogen and oxygen atoms in total. The lowest BCUT2D eigenvalue weighted by Gasteiger charge is -2.01. The average Bonchev–Trinajstić information content (AvgIpc) is 1.85. The summed E-state index contributed by atoms with van der Waals surface area (Å²) in [7, 11) is 1.02. The highest BCUT2D eigenvalue weighted by molar-refractivity contribution is 6.12. The van der Waals surface area contributed by atoms with Crippen molar-refractivity contribution in [3.05, 3.63) is 0 Å². The SMILES string of the molecule is O=CCCC([SiH3])CC=O. The Hall–Kier alpha value is -0.443. The highest BCUT2D eigenvalue weighted by atomic mass is 28.1. The minimum atomic E-state index is 0.507. The number of carbonyl (C=O) groups excluding carboxylic acids is 2. The second-order valence-electron chi connectivity index (χ2n) is 2.25. The van der Waals surface area contributed by atoms with Crippen LogP contribution in [0.3, 0.4) is 0 Å². The zero-order valence-electron chi connectivity index (χ0n) is 5.67. The lowest BCUT2D eigenvalue weighted by Crippen LogP contribution is -1.93. The highest BCUT2D eigenvalue weighted by Gasteiger charge is 1.98. The van der Waals surface area contributed by atoms with Crippen LogP contribution in [0.4, 0.5) is 0 Å². The summed E-state index contributed by atoms with van der Waals surface area (Å²) in [6.45, 7) is 0. The summed E-state index contributed by atoms with van der Waals surface area (Å²) < 4.78 is 0. The zero-order chi connectivity index (χ0) is 7.11. The first-order valence-electron chi connectivity index (χ1n) is 3.18. The highest BCUT2D eigenvalue weighted by Crippen LogP contribution is 2.09. The van der Waals surface area contributed by atoms with Crippen molar-refractivity contribution in [2.24, 2.45) is 0 Å². The van der Waals surface area contributed by atoms with Crippen LogP contribution >= 0.6 is 0 Å². The molecule has 0 radical (unpaired) electrons. The fourth-order valence-corrected chi connectivity index (χ4v) is 1.16. The van der Waals surface area contributed by atoms with E-state index in [1.165, 1.54) is 0 Å². The Balaban J connectivity index is 3.14. The Morgan fingerprint density at radius 1 is 1.33 bits per heavy atom. The molecule has 0 saturated carbocycles.